The van der Waals surface area contributed by atoms with Crippen LogP contribution in [0.25, 0.3) is 0 Å². The molecule has 164 valence electrons. The van der Waals surface area contributed by atoms with Gasteiger partial charge < -0.3 is 20.7 Å². The number of carbonyl (C=O) groups excluding carboxylic acids is 1. The number of nitriles is 1. The number of aromatic nitrogens is 2. The van der Waals surface area contributed by atoms with Gasteiger partial charge in [0.15, 0.2) is 5.82 Å². The van der Waals surface area contributed by atoms with Gasteiger partial charge >= 0.3 is 0 Å². The number of nitrogens with zero attached hydrogens (tertiary/aromatic N) is 4. The summed E-state index contributed by atoms with van der Waals surface area (Å²) < 4.78 is 20.2. The largest absolute Gasteiger partial charge is 0.381 e. The number of anilines is 2. The molecule has 8 nitrogen and oxygen atoms in total. The Morgan fingerprint density at radius 3 is 2.77 bits per heavy atom. The molecule has 2 atom stereocenters. The number of primary amides is 1. The van der Waals surface area contributed by atoms with Crippen molar-refractivity contribution in [3.8, 4) is 6.07 Å². The third-order valence-corrected chi connectivity index (χ3v) is 6.31. The van der Waals surface area contributed by atoms with Crippen LogP contribution in [0.5, 0.6) is 0 Å². The number of halogens is 1. The Labute approximate surface area is 180 Å². The number of ether oxygens (including phenoxy) is 1. The Morgan fingerprint density at radius 1 is 1.39 bits per heavy atom. The Kier molecular flexibility index (Phi) is 6.20. The molecule has 31 heavy (non-hydrogen) atoms. The van der Waals surface area contributed by atoms with E-state index in [1.807, 2.05) is 0 Å². The first-order chi connectivity index (χ1) is 15.0. The van der Waals surface area contributed by atoms with Gasteiger partial charge in [0.2, 0.25) is 0 Å². The van der Waals surface area contributed by atoms with Crippen LogP contribution in [-0.4, -0.2) is 53.4 Å². The number of amides is 1. The van der Waals surface area contributed by atoms with Crippen molar-refractivity contribution < 1.29 is 13.9 Å². The molecule has 0 spiro atoms. The zero-order valence-corrected chi connectivity index (χ0v) is 17.5. The number of carbonyl (C=O) groups is 1. The van der Waals surface area contributed by atoms with E-state index in [0.717, 1.165) is 32.4 Å². The van der Waals surface area contributed by atoms with Crippen LogP contribution in [0.15, 0.2) is 30.5 Å². The van der Waals surface area contributed by atoms with Gasteiger partial charge in [0.05, 0.1) is 24.1 Å². The maximum absolute atomic E-state index is 13.2. The molecule has 2 aromatic rings. The summed E-state index contributed by atoms with van der Waals surface area (Å²) in [6.07, 6.45) is 4.89. The molecule has 2 heterocycles. The lowest BCUT2D eigenvalue weighted by atomic mass is 9.81. The van der Waals surface area contributed by atoms with Crippen molar-refractivity contribution in [1.82, 2.24) is 14.7 Å². The number of piperidine rings is 1. The van der Waals surface area contributed by atoms with Crippen molar-refractivity contribution in [2.24, 2.45) is 17.6 Å². The molecule has 1 aromatic heterocycles. The van der Waals surface area contributed by atoms with E-state index < -0.39 is 5.91 Å². The molecule has 1 saturated heterocycles. The maximum atomic E-state index is 13.2. The van der Waals surface area contributed by atoms with Gasteiger partial charge in [0.1, 0.15) is 11.4 Å². The number of hydrogen-bond acceptors (Lipinski definition) is 6. The second-order valence-corrected chi connectivity index (χ2v) is 8.41. The Hall–Kier alpha value is -2.96. The Morgan fingerprint density at radius 2 is 2.13 bits per heavy atom. The molecule has 1 aliphatic carbocycles. The normalized spacial score (nSPS) is 26.1. The molecular weight excluding hydrogens is 399 g/mol. The van der Waals surface area contributed by atoms with Gasteiger partial charge in [-0.15, -0.1) is 0 Å². The number of nitrogens with two attached hydrogens (primary N) is 1. The van der Waals surface area contributed by atoms with Crippen LogP contribution in [0.4, 0.5) is 15.9 Å². The Bertz CT molecular complexity index is 963. The minimum Gasteiger partial charge on any atom is -0.381 e. The van der Waals surface area contributed by atoms with Crippen molar-refractivity contribution in [1.29, 1.82) is 5.26 Å². The van der Waals surface area contributed by atoms with E-state index in [2.05, 4.69) is 21.4 Å². The first-order valence-corrected chi connectivity index (χ1v) is 10.5. The van der Waals surface area contributed by atoms with Crippen LogP contribution < -0.4 is 11.1 Å². The van der Waals surface area contributed by atoms with Crippen molar-refractivity contribution >= 4 is 17.4 Å². The summed E-state index contributed by atoms with van der Waals surface area (Å²) >= 11 is 0. The number of hydrogen-bond donors (Lipinski definition) is 2. The summed E-state index contributed by atoms with van der Waals surface area (Å²) in [6.45, 7) is 2.51. The fourth-order valence-corrected chi connectivity index (χ4v) is 4.50. The van der Waals surface area contributed by atoms with Crippen LogP contribution in [-0.2, 0) is 4.74 Å². The molecule has 1 aliphatic heterocycles. The minimum atomic E-state index is -0.612. The summed E-state index contributed by atoms with van der Waals surface area (Å²) in [4.78, 5) is 14.3. The van der Waals surface area contributed by atoms with Crippen LogP contribution in [0.3, 0.4) is 0 Å². The number of rotatable bonds is 7. The van der Waals surface area contributed by atoms with Gasteiger partial charge in [-0.05, 0) is 49.4 Å². The smallest absolute Gasteiger partial charge is 0.254 e. The lowest BCUT2D eigenvalue weighted by Crippen LogP contribution is -2.46. The molecular formula is C22H27FN6O2. The molecule has 3 N–H and O–H groups in total. The van der Waals surface area contributed by atoms with E-state index in [-0.39, 0.29) is 23.3 Å². The quantitative estimate of drug-likeness (QED) is 0.705. The highest BCUT2D eigenvalue weighted by molar-refractivity contribution is 5.98. The maximum Gasteiger partial charge on any atom is 0.254 e. The Balaban J connectivity index is 1.46. The molecule has 1 amide bonds. The molecule has 4 rings (SSSR count). The molecule has 9 heteroatoms. The van der Waals surface area contributed by atoms with Gasteiger partial charge in [-0.3, -0.25) is 9.48 Å². The van der Waals surface area contributed by atoms with E-state index in [9.17, 15) is 14.4 Å². The summed E-state index contributed by atoms with van der Waals surface area (Å²) in [5.41, 5.74) is 6.38. The van der Waals surface area contributed by atoms with E-state index in [1.54, 1.807) is 30.1 Å². The topological polar surface area (TPSA) is 109 Å². The number of benzene rings is 1. The molecule has 1 saturated carbocycles. The number of nitrogens with one attached hydrogen (secondary N) is 1. The fraction of sp³-hybridized carbons (Fsp3) is 0.500. The lowest BCUT2D eigenvalue weighted by molar-refractivity contribution is -0.0162. The van der Waals surface area contributed by atoms with Crippen molar-refractivity contribution in [3.05, 3.63) is 41.8 Å². The van der Waals surface area contributed by atoms with Gasteiger partial charge in [-0.1, -0.05) is 0 Å². The summed E-state index contributed by atoms with van der Waals surface area (Å²) in [7, 11) is 1.75. The average molecular weight is 426 g/mol. The van der Waals surface area contributed by atoms with Gasteiger partial charge in [-0.2, -0.15) is 10.4 Å². The minimum absolute atomic E-state index is 0.142. The molecule has 2 aliphatic rings. The monoisotopic (exact) mass is 426 g/mol. The second kappa shape index (κ2) is 9.04. The van der Waals surface area contributed by atoms with Gasteiger partial charge in [0.25, 0.3) is 5.91 Å². The van der Waals surface area contributed by atoms with Crippen LogP contribution in [0.2, 0.25) is 0 Å². The summed E-state index contributed by atoms with van der Waals surface area (Å²) in [6, 6.07) is 8.04. The number of likely N-dealkylation sites (tertiary alicyclic amines) is 1. The molecule has 0 bridgehead atoms. The molecule has 2 fully saturated rings. The fourth-order valence-electron chi connectivity index (χ4n) is 4.50. The van der Waals surface area contributed by atoms with Crippen LogP contribution in [0.1, 0.15) is 35.7 Å². The lowest BCUT2D eigenvalue weighted by Gasteiger charge is -2.41. The molecule has 1 aromatic carbocycles. The predicted molar refractivity (Wildman–Crippen MR) is 113 cm³/mol. The zero-order chi connectivity index (χ0) is 22.0. The van der Waals surface area contributed by atoms with E-state index in [0.29, 0.717) is 30.1 Å². The number of methoxy groups -OCH3 is 1. The second-order valence-electron chi connectivity index (χ2n) is 8.41. The van der Waals surface area contributed by atoms with Gasteiger partial charge in [-0.25, -0.2) is 4.39 Å². The first-order valence-electron chi connectivity index (χ1n) is 10.5. The third-order valence-electron chi connectivity index (χ3n) is 6.31. The van der Waals surface area contributed by atoms with E-state index >= 15 is 0 Å². The van der Waals surface area contributed by atoms with Crippen LogP contribution in [0, 0.1) is 29.0 Å². The highest BCUT2D eigenvalue weighted by Crippen LogP contribution is 2.34. The summed E-state index contributed by atoms with van der Waals surface area (Å²) in [5, 5.41) is 17.4. The van der Waals surface area contributed by atoms with Crippen molar-refractivity contribution in [3.63, 3.8) is 0 Å². The first kappa shape index (κ1) is 21.3. The van der Waals surface area contributed by atoms with E-state index in [4.69, 9.17) is 10.5 Å². The van der Waals surface area contributed by atoms with E-state index in [1.165, 1.54) is 12.1 Å². The summed E-state index contributed by atoms with van der Waals surface area (Å²) in [5.74, 6) is -0.280. The van der Waals surface area contributed by atoms with Crippen molar-refractivity contribution in [2.75, 3.05) is 32.1 Å². The average Bonchev–Trinajstić information content (AvgIpc) is 3.15. The highest BCUT2D eigenvalue weighted by Gasteiger charge is 2.36. The molecule has 0 unspecified atom stereocenters. The van der Waals surface area contributed by atoms with Gasteiger partial charge in [0, 0.05) is 38.6 Å². The predicted octanol–water partition coefficient (Wildman–Crippen LogP) is 2.68. The van der Waals surface area contributed by atoms with Crippen molar-refractivity contribution in [2.45, 2.75) is 31.4 Å². The highest BCUT2D eigenvalue weighted by atomic mass is 19.1. The zero-order valence-electron chi connectivity index (χ0n) is 17.5. The molecule has 0 radical (unpaired) electrons. The SMILES string of the molecule is COC1CC(CN2CC[C@@H](n3cc(C(N)=O)c(Nc4ccc(F)cc4)n3)[C@@H](C#N)C2)C1. The standard InChI is InChI=1S/C22H27FN6O2/c1-31-18-8-14(9-18)11-28-7-6-20(15(10-24)12-28)29-13-19(21(25)30)22(27-29)26-17-4-2-16(23)3-5-17/h2-5,13-15,18,20H,6-9,11-12H2,1H3,(H2,25,30)(H,26,27)/t14?,15-,18?,20+/m0/s1. The van der Waals surface area contributed by atoms with Crippen LogP contribution >= 0.6 is 0 Å². The third kappa shape index (κ3) is 4.70.